The van der Waals surface area contributed by atoms with E-state index in [2.05, 4.69) is 6.58 Å². The number of hydrogen-bond donors (Lipinski definition) is 9. The van der Waals surface area contributed by atoms with Crippen LogP contribution in [0.4, 0.5) is 0 Å². The van der Waals surface area contributed by atoms with Crippen LogP contribution in [0.1, 0.15) is 13.3 Å². The van der Waals surface area contributed by atoms with Gasteiger partial charge in [0, 0.05) is 11.6 Å². The first-order valence-corrected chi connectivity index (χ1v) is 18.5. The van der Waals surface area contributed by atoms with Crippen LogP contribution in [0.15, 0.2) is 12.2 Å². The second kappa shape index (κ2) is 22.7. The van der Waals surface area contributed by atoms with Crippen molar-refractivity contribution in [1.29, 1.82) is 0 Å². The molecule has 0 spiro atoms. The lowest BCUT2D eigenvalue weighted by Crippen LogP contribution is -2.70. The topological polar surface area (TPSA) is 319 Å². The molecule has 0 aliphatic heterocycles. The summed E-state index contributed by atoms with van der Waals surface area (Å²) in [5, 5.41) is 85.5. The molecule has 0 fully saturated rings. The third kappa shape index (κ3) is 14.9. The van der Waals surface area contributed by atoms with Crippen molar-refractivity contribution in [3.63, 3.8) is 0 Å². The summed E-state index contributed by atoms with van der Waals surface area (Å²) in [6.07, 6.45) is -0.337. The Morgan fingerprint density at radius 3 is 1.00 bits per heavy atom. The normalized spacial score (nSPS) is 13.0. The van der Waals surface area contributed by atoms with E-state index in [1.54, 1.807) is 0 Å². The molecular formula is C16H38O23Si4. The van der Waals surface area contributed by atoms with Gasteiger partial charge in [-0.25, -0.2) is 4.79 Å². The first-order valence-electron chi connectivity index (χ1n) is 11.7. The first-order chi connectivity index (χ1) is 20.5. The fourth-order valence-corrected chi connectivity index (χ4v) is 15.0. The molecule has 0 saturated heterocycles. The van der Waals surface area contributed by atoms with E-state index in [1.807, 2.05) is 0 Å². The minimum absolute atomic E-state index is 0.0219. The summed E-state index contributed by atoms with van der Waals surface area (Å²) in [5.74, 6) is -0.825. The number of carbonyl (C=O) groups excluding carboxylic acids is 1. The average Bonchev–Trinajstić information content (AvgIpc) is 2.92. The van der Waals surface area contributed by atoms with Gasteiger partial charge in [-0.2, -0.15) is 0 Å². The zero-order valence-corrected chi connectivity index (χ0v) is 26.9. The Labute approximate surface area is 249 Å². The van der Waals surface area contributed by atoms with Crippen molar-refractivity contribution in [2.24, 2.45) is 0 Å². The fraction of sp³-hybridized carbons (Fsp3) is 0.812. The summed E-state index contributed by atoms with van der Waals surface area (Å²) in [6.45, 7) is -6.92. The molecule has 0 radical (unpaired) electrons. The van der Waals surface area contributed by atoms with Gasteiger partial charge >= 0.3 is 41.9 Å². The molecule has 0 amide bonds. The number of carbonyl (C=O) groups is 1. The highest BCUT2D eigenvalue weighted by Crippen LogP contribution is 2.33. The number of ether oxygens (including phenoxy) is 1. The summed E-state index contributed by atoms with van der Waals surface area (Å²) < 4.78 is 67.5. The van der Waals surface area contributed by atoms with Gasteiger partial charge < -0.3 is 103 Å². The molecule has 0 atom stereocenters. The first kappa shape index (κ1) is 42.2. The zero-order valence-electron chi connectivity index (χ0n) is 22.9. The van der Waals surface area contributed by atoms with Gasteiger partial charge in [0.2, 0.25) is 0 Å². The number of aliphatic hydroxyl groups excluding tert-OH is 9. The second-order valence-electron chi connectivity index (χ2n) is 6.97. The lowest BCUT2D eigenvalue weighted by Gasteiger charge is -2.42. The molecule has 27 heteroatoms. The highest BCUT2D eigenvalue weighted by molar-refractivity contribution is 6.82. The predicted octanol–water partition coefficient (Wildman–Crippen LogP) is -5.51. The molecule has 0 bridgehead atoms. The quantitative estimate of drug-likeness (QED) is 0.0115. The highest BCUT2D eigenvalue weighted by Gasteiger charge is 2.68. The third-order valence-electron chi connectivity index (χ3n) is 4.22. The molecule has 0 heterocycles. The fourth-order valence-electron chi connectivity index (χ4n) is 2.72. The van der Waals surface area contributed by atoms with E-state index in [1.165, 1.54) is 6.92 Å². The van der Waals surface area contributed by atoms with E-state index in [0.717, 1.165) is 0 Å². The van der Waals surface area contributed by atoms with Crippen LogP contribution < -0.4 is 0 Å². The zero-order chi connectivity index (χ0) is 32.8. The lowest BCUT2D eigenvalue weighted by molar-refractivity contribution is -0.140. The van der Waals surface area contributed by atoms with Crippen molar-refractivity contribution < 1.29 is 108 Å². The minimum atomic E-state index is -5.29. The Kier molecular flexibility index (Phi) is 22.3. The van der Waals surface area contributed by atoms with Gasteiger partial charge in [0.25, 0.3) is 0 Å². The number of esters is 1. The van der Waals surface area contributed by atoms with Gasteiger partial charge in [-0.05, 0) is 13.3 Å². The maximum Gasteiger partial charge on any atom is 0.677 e. The summed E-state index contributed by atoms with van der Waals surface area (Å²) in [5.41, 5.74) is 0.0219. The van der Waals surface area contributed by atoms with Gasteiger partial charge in [0.15, 0.2) is 0 Å². The molecule has 0 aliphatic carbocycles. The summed E-state index contributed by atoms with van der Waals surface area (Å²) >= 11 is 0. The molecule has 0 aromatic carbocycles. The molecule has 256 valence electrons. The highest BCUT2D eigenvalue weighted by atomic mass is 28.5. The maximum atomic E-state index is 11.9. The van der Waals surface area contributed by atoms with Crippen molar-refractivity contribution in [2.75, 3.05) is 67.7 Å². The van der Waals surface area contributed by atoms with Crippen molar-refractivity contribution in [3.8, 4) is 0 Å². The van der Waals surface area contributed by atoms with Gasteiger partial charge in [-0.15, -0.1) is 0 Å². The van der Waals surface area contributed by atoms with E-state index in [0.29, 0.717) is 0 Å². The van der Waals surface area contributed by atoms with E-state index < -0.39 is 116 Å². The predicted molar refractivity (Wildman–Crippen MR) is 135 cm³/mol. The Bertz CT molecular complexity index is 644. The minimum Gasteiger partial charge on any atom is -0.462 e. The molecule has 0 saturated carbocycles. The van der Waals surface area contributed by atoms with Gasteiger partial charge in [-0.1, -0.05) is 6.58 Å². The van der Waals surface area contributed by atoms with Crippen LogP contribution in [-0.4, -0.2) is 156 Å². The van der Waals surface area contributed by atoms with Crippen LogP contribution >= 0.6 is 0 Å². The molecular weight excluding hydrogens is 672 g/mol. The average molecular weight is 711 g/mol. The Morgan fingerprint density at radius 1 is 0.535 bits per heavy atom. The maximum absolute atomic E-state index is 11.9. The van der Waals surface area contributed by atoms with Crippen LogP contribution in [0, 0.1) is 0 Å². The standard InChI is InChI=1S/C16H38O23Si4/c1-15(2)16(26)27-4-3-5-40(37-41(28-6-17,29-7-18)30-8-19,38-42(31-9-20,32-10-21)33-11-22)39-43(34-12-23,35-13-24)36-14-25/h17-25H,1,3-14H2,2H3. The molecule has 9 N–H and O–H groups in total. The van der Waals surface area contributed by atoms with Crippen LogP contribution in [0.5, 0.6) is 0 Å². The number of aliphatic hydroxyl groups is 9. The van der Waals surface area contributed by atoms with Gasteiger partial charge in [0.05, 0.1) is 6.61 Å². The molecule has 23 nitrogen and oxygen atoms in total. The van der Waals surface area contributed by atoms with Crippen LogP contribution in [0.2, 0.25) is 6.04 Å². The molecule has 0 aliphatic rings. The second-order valence-corrected chi connectivity index (χ2v) is 16.9. The van der Waals surface area contributed by atoms with Crippen LogP contribution in [-0.2, 0) is 61.7 Å². The smallest absolute Gasteiger partial charge is 0.462 e. The van der Waals surface area contributed by atoms with Crippen molar-refractivity contribution >= 4 is 41.9 Å². The molecule has 0 rings (SSSR count). The van der Waals surface area contributed by atoms with Crippen molar-refractivity contribution in [1.82, 2.24) is 0 Å². The van der Waals surface area contributed by atoms with E-state index >= 15 is 0 Å². The largest absolute Gasteiger partial charge is 0.677 e. The van der Waals surface area contributed by atoms with Crippen molar-refractivity contribution in [2.45, 2.75) is 19.4 Å². The van der Waals surface area contributed by atoms with Gasteiger partial charge in [0.1, 0.15) is 61.1 Å². The van der Waals surface area contributed by atoms with E-state index in [-0.39, 0.29) is 12.0 Å². The van der Waals surface area contributed by atoms with E-state index in [9.17, 15) is 50.8 Å². The summed E-state index contributed by atoms with van der Waals surface area (Å²) in [7, 11) is -20.6. The molecule has 0 aromatic rings. The number of rotatable bonds is 29. The summed E-state index contributed by atoms with van der Waals surface area (Å²) in [6, 6.07) is -0.691. The van der Waals surface area contributed by atoms with Crippen molar-refractivity contribution in [3.05, 3.63) is 12.2 Å². The molecule has 0 aromatic heterocycles. The number of hydrogen-bond acceptors (Lipinski definition) is 23. The van der Waals surface area contributed by atoms with Crippen LogP contribution in [0.3, 0.4) is 0 Å². The summed E-state index contributed by atoms with van der Waals surface area (Å²) in [4.78, 5) is 11.9. The Balaban J connectivity index is 7.36. The van der Waals surface area contributed by atoms with E-state index in [4.69, 9.17) is 56.9 Å². The Hall–Kier alpha value is -0.762. The third-order valence-corrected chi connectivity index (χ3v) is 16.3. The lowest BCUT2D eigenvalue weighted by atomic mass is 10.4. The molecule has 0 unspecified atom stereocenters. The molecule has 43 heavy (non-hydrogen) atoms. The Morgan fingerprint density at radius 2 is 0.791 bits per heavy atom. The van der Waals surface area contributed by atoms with Crippen LogP contribution in [0.25, 0.3) is 0 Å². The van der Waals surface area contributed by atoms with Gasteiger partial charge in [-0.3, -0.25) is 0 Å². The monoisotopic (exact) mass is 710 g/mol. The SMILES string of the molecule is C=C(C)C(=O)OCCC[Si](O[Si](OCO)(OCO)OCO)(O[Si](OCO)(OCO)OCO)O[Si](OCO)(OCO)OCO.